The Hall–Kier alpha value is -1.66. The van der Waals surface area contributed by atoms with E-state index in [-0.39, 0.29) is 11.8 Å². The zero-order valence-corrected chi connectivity index (χ0v) is 14.7. The van der Waals surface area contributed by atoms with E-state index in [2.05, 4.69) is 26.6 Å². The molecule has 0 spiro atoms. The lowest BCUT2D eigenvalue weighted by atomic mass is 10.0. The second-order valence-corrected chi connectivity index (χ2v) is 7.10. The first-order valence-electron chi connectivity index (χ1n) is 8.79. The number of aromatic nitrogens is 2. The van der Waals surface area contributed by atoms with Crippen molar-refractivity contribution in [3.8, 4) is 0 Å². The fourth-order valence-corrected chi connectivity index (χ4v) is 3.39. The van der Waals surface area contributed by atoms with Crippen LogP contribution >= 0.6 is 0 Å². The van der Waals surface area contributed by atoms with E-state index in [0.717, 1.165) is 44.9 Å². The first-order chi connectivity index (χ1) is 11.6. The molecule has 0 radical (unpaired) electrons. The molecule has 0 N–H and O–H groups in total. The van der Waals surface area contributed by atoms with Crippen molar-refractivity contribution in [1.29, 1.82) is 0 Å². The van der Waals surface area contributed by atoms with Crippen molar-refractivity contribution in [2.45, 2.75) is 25.9 Å². The summed E-state index contributed by atoms with van der Waals surface area (Å²) in [5.74, 6) is 1.66. The number of imidazole rings is 1. The molecule has 1 unspecified atom stereocenters. The van der Waals surface area contributed by atoms with Crippen molar-refractivity contribution in [2.75, 3.05) is 40.4 Å². The molecule has 0 fully saturated rings. The quantitative estimate of drug-likeness (QED) is 0.583. The van der Waals surface area contributed by atoms with Crippen LogP contribution in [0.15, 0.2) is 24.5 Å². The summed E-state index contributed by atoms with van der Waals surface area (Å²) in [6.07, 6.45) is 9.80. The van der Waals surface area contributed by atoms with Gasteiger partial charge in [-0.05, 0) is 26.9 Å². The van der Waals surface area contributed by atoms with Crippen LogP contribution in [0.5, 0.6) is 0 Å². The number of rotatable bonds is 6. The maximum absolute atomic E-state index is 12.9. The van der Waals surface area contributed by atoms with Crippen molar-refractivity contribution >= 4 is 5.91 Å². The predicted molar refractivity (Wildman–Crippen MR) is 92.4 cm³/mol. The number of ether oxygens (including phenoxy) is 1. The maximum Gasteiger partial charge on any atom is 0.226 e. The van der Waals surface area contributed by atoms with Crippen LogP contribution < -0.4 is 0 Å². The molecule has 0 aromatic carbocycles. The topological polar surface area (TPSA) is 50.6 Å². The Morgan fingerprint density at radius 1 is 1.33 bits per heavy atom. The van der Waals surface area contributed by atoms with Crippen LogP contribution in [0, 0.1) is 11.8 Å². The first kappa shape index (κ1) is 17.2. The zero-order chi connectivity index (χ0) is 16.9. The average Bonchev–Trinajstić information content (AvgIpc) is 3.19. The van der Waals surface area contributed by atoms with Gasteiger partial charge >= 0.3 is 0 Å². The second kappa shape index (κ2) is 7.94. The summed E-state index contributed by atoms with van der Waals surface area (Å²) in [6, 6.07) is 0. The number of nitrogens with zero attached hydrogens (tertiary/aromatic N) is 4. The van der Waals surface area contributed by atoms with Gasteiger partial charge in [-0.15, -0.1) is 0 Å². The summed E-state index contributed by atoms with van der Waals surface area (Å²) in [6.45, 7) is 4.54. The average molecular weight is 332 g/mol. The molecule has 3 rings (SSSR count). The van der Waals surface area contributed by atoms with E-state index in [1.807, 2.05) is 31.4 Å². The molecule has 2 aliphatic rings. The predicted octanol–water partition coefficient (Wildman–Crippen LogP) is 1.39. The van der Waals surface area contributed by atoms with Gasteiger partial charge in [-0.1, -0.05) is 12.2 Å². The molecule has 1 amide bonds. The van der Waals surface area contributed by atoms with E-state index in [1.54, 1.807) is 0 Å². The van der Waals surface area contributed by atoms with Gasteiger partial charge in [-0.2, -0.15) is 0 Å². The number of carbonyl (C=O) groups excluding carboxylic acids is 1. The summed E-state index contributed by atoms with van der Waals surface area (Å²) in [5, 5.41) is 0. The Morgan fingerprint density at radius 3 is 2.88 bits per heavy atom. The van der Waals surface area contributed by atoms with Crippen LogP contribution in [-0.2, 0) is 22.6 Å². The van der Waals surface area contributed by atoms with Gasteiger partial charge < -0.3 is 19.1 Å². The van der Waals surface area contributed by atoms with Gasteiger partial charge in [0.15, 0.2) is 0 Å². The van der Waals surface area contributed by atoms with Gasteiger partial charge in [0.25, 0.3) is 0 Å². The number of likely N-dealkylation sites (N-methyl/N-ethyl adjacent to an activating group) is 1. The summed E-state index contributed by atoms with van der Waals surface area (Å²) in [5.41, 5.74) is 0. The highest BCUT2D eigenvalue weighted by atomic mass is 16.5. The Labute approximate surface area is 144 Å². The Morgan fingerprint density at radius 2 is 2.12 bits per heavy atom. The minimum atomic E-state index is 0.113. The van der Waals surface area contributed by atoms with Crippen LogP contribution in [0.3, 0.4) is 0 Å². The Bertz CT molecular complexity index is 573. The molecule has 132 valence electrons. The van der Waals surface area contributed by atoms with E-state index >= 15 is 0 Å². The third-order valence-corrected chi connectivity index (χ3v) is 4.77. The van der Waals surface area contributed by atoms with Crippen LogP contribution in [-0.4, -0.2) is 65.7 Å². The van der Waals surface area contributed by atoms with Gasteiger partial charge in [-0.25, -0.2) is 4.98 Å². The number of allylic oxidation sites excluding steroid dienone is 2. The van der Waals surface area contributed by atoms with Gasteiger partial charge in [0, 0.05) is 43.9 Å². The lowest BCUT2D eigenvalue weighted by Gasteiger charge is -2.26. The summed E-state index contributed by atoms with van der Waals surface area (Å²) in [4.78, 5) is 21.4. The molecule has 6 nitrogen and oxygen atoms in total. The van der Waals surface area contributed by atoms with Crippen molar-refractivity contribution in [3.63, 3.8) is 0 Å². The first-order valence-corrected chi connectivity index (χ1v) is 8.79. The highest BCUT2D eigenvalue weighted by Gasteiger charge is 2.30. The molecular weight excluding hydrogens is 304 g/mol. The summed E-state index contributed by atoms with van der Waals surface area (Å²) >= 11 is 0. The molecule has 24 heavy (non-hydrogen) atoms. The molecule has 1 aromatic rings. The maximum atomic E-state index is 12.9. The Kier molecular flexibility index (Phi) is 5.68. The van der Waals surface area contributed by atoms with Gasteiger partial charge in [-0.3, -0.25) is 4.79 Å². The highest BCUT2D eigenvalue weighted by Crippen LogP contribution is 2.24. The number of fused-ring (bicyclic) bond motifs is 1. The lowest BCUT2D eigenvalue weighted by molar-refractivity contribution is -0.136. The van der Waals surface area contributed by atoms with E-state index < -0.39 is 0 Å². The summed E-state index contributed by atoms with van der Waals surface area (Å²) < 4.78 is 8.03. The molecule has 1 aliphatic carbocycles. The monoisotopic (exact) mass is 332 g/mol. The molecule has 0 saturated carbocycles. The molecular formula is C18H28N4O2. The minimum absolute atomic E-state index is 0.113. The van der Waals surface area contributed by atoms with E-state index in [9.17, 15) is 4.79 Å². The lowest BCUT2D eigenvalue weighted by Crippen LogP contribution is -2.38. The number of hydrogen-bond donors (Lipinski definition) is 0. The fraction of sp³-hybridized carbons (Fsp3) is 0.667. The molecule has 1 aromatic heterocycles. The molecule has 6 heteroatoms. The zero-order valence-electron chi connectivity index (χ0n) is 14.7. The molecule has 1 aliphatic heterocycles. The number of carbonyl (C=O) groups is 1. The van der Waals surface area contributed by atoms with Crippen LogP contribution in [0.25, 0.3) is 0 Å². The number of hydrogen-bond acceptors (Lipinski definition) is 4. The Balaban J connectivity index is 1.63. The molecule has 1 atom stereocenters. The minimum Gasteiger partial charge on any atom is -0.380 e. The van der Waals surface area contributed by atoms with Crippen molar-refractivity contribution in [2.24, 2.45) is 11.8 Å². The van der Waals surface area contributed by atoms with Gasteiger partial charge in [0.2, 0.25) is 5.91 Å². The number of amides is 1. The van der Waals surface area contributed by atoms with E-state index in [1.165, 1.54) is 0 Å². The molecule has 0 bridgehead atoms. The molecule has 0 saturated heterocycles. The van der Waals surface area contributed by atoms with Crippen LogP contribution in [0.4, 0.5) is 0 Å². The fourth-order valence-electron chi connectivity index (χ4n) is 3.39. The van der Waals surface area contributed by atoms with Gasteiger partial charge in [0.1, 0.15) is 5.82 Å². The van der Waals surface area contributed by atoms with Crippen molar-refractivity contribution in [1.82, 2.24) is 19.4 Å². The SMILES string of the molecule is CN(C)CCOCC1CN(C(=O)C2CC=CC2)Cc2nccn2C1. The van der Waals surface area contributed by atoms with Gasteiger partial charge in [0.05, 0.1) is 19.8 Å². The van der Waals surface area contributed by atoms with Crippen molar-refractivity contribution in [3.05, 3.63) is 30.4 Å². The highest BCUT2D eigenvalue weighted by molar-refractivity contribution is 5.79. The second-order valence-electron chi connectivity index (χ2n) is 7.10. The van der Waals surface area contributed by atoms with E-state index in [4.69, 9.17) is 4.74 Å². The largest absolute Gasteiger partial charge is 0.380 e. The summed E-state index contributed by atoms with van der Waals surface area (Å²) in [7, 11) is 4.09. The third kappa shape index (κ3) is 4.24. The smallest absolute Gasteiger partial charge is 0.226 e. The van der Waals surface area contributed by atoms with E-state index in [0.29, 0.717) is 19.1 Å². The molecule has 2 heterocycles. The third-order valence-electron chi connectivity index (χ3n) is 4.77. The normalized spacial score (nSPS) is 21.3. The van der Waals surface area contributed by atoms with Crippen LogP contribution in [0.2, 0.25) is 0 Å². The van der Waals surface area contributed by atoms with Crippen LogP contribution in [0.1, 0.15) is 18.7 Å². The standard InChI is InChI=1S/C18H28N4O2/c1-20(2)9-10-24-14-15-11-21-8-7-19-17(21)13-22(12-15)18(23)16-5-3-4-6-16/h3-4,7-8,15-16H,5-6,9-14H2,1-2H3. The van der Waals surface area contributed by atoms with Crippen molar-refractivity contribution < 1.29 is 9.53 Å².